The predicted molar refractivity (Wildman–Crippen MR) is 75.7 cm³/mol. The van der Waals surface area contributed by atoms with Crippen LogP contribution in [0.25, 0.3) is 0 Å². The molecule has 5 heteroatoms. The second-order valence-corrected chi connectivity index (χ2v) is 5.32. The molecule has 0 aliphatic heterocycles. The van der Waals surface area contributed by atoms with E-state index in [9.17, 15) is 0 Å². The van der Waals surface area contributed by atoms with E-state index in [4.69, 9.17) is 11.6 Å². The lowest BCUT2D eigenvalue weighted by Gasteiger charge is -2.17. The number of hydrogen-bond acceptors (Lipinski definition) is 4. The first-order valence-corrected chi connectivity index (χ1v) is 7.49. The van der Waals surface area contributed by atoms with Crippen molar-refractivity contribution >= 4 is 23.4 Å². The second kappa shape index (κ2) is 7.90. The molecule has 0 amide bonds. The quantitative estimate of drug-likeness (QED) is 0.564. The van der Waals surface area contributed by atoms with E-state index in [0.29, 0.717) is 5.15 Å². The molecule has 0 aromatic carbocycles. The first kappa shape index (κ1) is 14.7. The molecule has 1 rings (SSSR count). The highest BCUT2D eigenvalue weighted by molar-refractivity contribution is 7.98. The monoisotopic (exact) mass is 273 g/mol. The van der Waals surface area contributed by atoms with Crippen molar-refractivity contribution in [1.29, 1.82) is 0 Å². The van der Waals surface area contributed by atoms with Gasteiger partial charge in [0.25, 0.3) is 0 Å². The molecule has 0 saturated carbocycles. The van der Waals surface area contributed by atoms with Crippen LogP contribution >= 0.6 is 23.4 Å². The maximum atomic E-state index is 5.89. The number of nitrogens with zero attached hydrogens (tertiary/aromatic N) is 3. The van der Waals surface area contributed by atoms with Gasteiger partial charge in [-0.25, -0.2) is 9.97 Å². The molecular weight excluding hydrogens is 254 g/mol. The summed E-state index contributed by atoms with van der Waals surface area (Å²) in [5.74, 6) is 2.78. The third-order valence-electron chi connectivity index (χ3n) is 2.55. The first-order chi connectivity index (χ1) is 8.15. The molecule has 0 unspecified atom stereocenters. The van der Waals surface area contributed by atoms with Crippen LogP contribution in [0.1, 0.15) is 25.4 Å². The molecule has 3 nitrogen and oxygen atoms in total. The van der Waals surface area contributed by atoms with Gasteiger partial charge in [-0.1, -0.05) is 25.4 Å². The molecule has 0 bridgehead atoms. The van der Waals surface area contributed by atoms with Gasteiger partial charge in [0.2, 0.25) is 0 Å². The first-order valence-electron chi connectivity index (χ1n) is 5.95. The van der Waals surface area contributed by atoms with E-state index in [2.05, 4.69) is 28.7 Å². The van der Waals surface area contributed by atoms with E-state index >= 15 is 0 Å². The minimum Gasteiger partial charge on any atom is -0.303 e. The Labute approximate surface area is 113 Å². The van der Waals surface area contributed by atoms with Gasteiger partial charge < -0.3 is 4.90 Å². The van der Waals surface area contributed by atoms with Crippen LogP contribution in [-0.4, -0.2) is 40.3 Å². The number of aromatic nitrogens is 2. The molecule has 0 aliphatic carbocycles. The zero-order chi connectivity index (χ0) is 12.7. The average Bonchev–Trinajstić information content (AvgIpc) is 2.28. The van der Waals surface area contributed by atoms with Crippen LogP contribution < -0.4 is 0 Å². The van der Waals surface area contributed by atoms with Gasteiger partial charge in [0.05, 0.1) is 5.75 Å². The number of aryl methyl sites for hydroxylation is 1. The van der Waals surface area contributed by atoms with Crippen molar-refractivity contribution in [3.8, 4) is 0 Å². The van der Waals surface area contributed by atoms with Crippen molar-refractivity contribution in [2.75, 3.05) is 25.4 Å². The summed E-state index contributed by atoms with van der Waals surface area (Å²) in [6, 6.07) is 1.78. The van der Waals surface area contributed by atoms with Crippen molar-refractivity contribution in [2.24, 2.45) is 0 Å². The zero-order valence-electron chi connectivity index (χ0n) is 10.7. The lowest BCUT2D eigenvalue weighted by atomic mass is 10.4. The van der Waals surface area contributed by atoms with E-state index in [0.717, 1.165) is 42.7 Å². The lowest BCUT2D eigenvalue weighted by molar-refractivity contribution is 0.324. The van der Waals surface area contributed by atoms with Gasteiger partial charge >= 0.3 is 0 Å². The Hall–Kier alpha value is -0.320. The van der Waals surface area contributed by atoms with Crippen LogP contribution in [-0.2, 0) is 5.75 Å². The summed E-state index contributed by atoms with van der Waals surface area (Å²) in [6.45, 7) is 9.68. The van der Waals surface area contributed by atoms with Gasteiger partial charge in [-0.2, -0.15) is 11.8 Å². The topological polar surface area (TPSA) is 29.0 Å². The van der Waals surface area contributed by atoms with E-state index in [-0.39, 0.29) is 0 Å². The molecule has 0 radical (unpaired) electrons. The van der Waals surface area contributed by atoms with Gasteiger partial charge in [-0.15, -0.1) is 0 Å². The summed E-state index contributed by atoms with van der Waals surface area (Å²) in [5.41, 5.74) is 0.935. The highest BCUT2D eigenvalue weighted by Crippen LogP contribution is 2.12. The average molecular weight is 274 g/mol. The second-order valence-electron chi connectivity index (χ2n) is 3.83. The van der Waals surface area contributed by atoms with E-state index in [1.54, 1.807) is 6.07 Å². The number of hydrogen-bond donors (Lipinski definition) is 0. The Morgan fingerprint density at radius 3 is 2.59 bits per heavy atom. The minimum atomic E-state index is 0.539. The van der Waals surface area contributed by atoms with Gasteiger partial charge in [-0.3, -0.25) is 0 Å². The van der Waals surface area contributed by atoms with Crippen molar-refractivity contribution in [3.63, 3.8) is 0 Å². The minimum absolute atomic E-state index is 0.539. The number of halogens is 1. The smallest absolute Gasteiger partial charge is 0.140 e. The van der Waals surface area contributed by atoms with E-state index in [1.165, 1.54) is 0 Å². The van der Waals surface area contributed by atoms with Gasteiger partial charge in [0.15, 0.2) is 0 Å². The zero-order valence-corrected chi connectivity index (χ0v) is 12.3. The Morgan fingerprint density at radius 1 is 1.29 bits per heavy atom. The molecule has 0 atom stereocenters. The normalized spacial score (nSPS) is 11.1. The maximum absolute atomic E-state index is 5.89. The summed E-state index contributed by atoms with van der Waals surface area (Å²) in [6.07, 6.45) is 0. The predicted octanol–water partition coefficient (Wildman–Crippen LogP) is 3.01. The highest BCUT2D eigenvalue weighted by Gasteiger charge is 2.02. The Bertz CT molecular complexity index is 322. The standard InChI is InChI=1S/C12H20ClN3S/c1-4-16(5-2)6-7-17-9-12-14-10(3)8-11(13)15-12/h8H,4-7,9H2,1-3H3. The fourth-order valence-electron chi connectivity index (χ4n) is 1.55. The van der Waals surface area contributed by atoms with Crippen molar-refractivity contribution in [2.45, 2.75) is 26.5 Å². The molecule has 0 N–H and O–H groups in total. The fourth-order valence-corrected chi connectivity index (χ4v) is 2.65. The van der Waals surface area contributed by atoms with Crippen LogP contribution in [0.5, 0.6) is 0 Å². The summed E-state index contributed by atoms with van der Waals surface area (Å²) in [5, 5.41) is 0.539. The van der Waals surface area contributed by atoms with Crippen LogP contribution in [0.2, 0.25) is 5.15 Å². The molecule has 0 spiro atoms. The largest absolute Gasteiger partial charge is 0.303 e. The number of thioether (sulfide) groups is 1. The molecule has 17 heavy (non-hydrogen) atoms. The molecule has 0 saturated heterocycles. The van der Waals surface area contributed by atoms with Crippen molar-refractivity contribution in [3.05, 3.63) is 22.7 Å². The molecule has 0 aliphatic rings. The molecule has 96 valence electrons. The molecule has 0 fully saturated rings. The van der Waals surface area contributed by atoms with E-state index in [1.807, 2.05) is 18.7 Å². The van der Waals surface area contributed by atoms with Crippen LogP contribution in [0.4, 0.5) is 0 Å². The highest BCUT2D eigenvalue weighted by atomic mass is 35.5. The van der Waals surface area contributed by atoms with Gasteiger partial charge in [-0.05, 0) is 26.1 Å². The third-order valence-corrected chi connectivity index (χ3v) is 3.67. The van der Waals surface area contributed by atoms with Gasteiger partial charge in [0.1, 0.15) is 11.0 Å². The third kappa shape index (κ3) is 5.70. The summed E-state index contributed by atoms with van der Waals surface area (Å²) in [7, 11) is 0. The maximum Gasteiger partial charge on any atom is 0.140 e. The summed E-state index contributed by atoms with van der Waals surface area (Å²) >= 11 is 7.75. The van der Waals surface area contributed by atoms with Gasteiger partial charge in [0, 0.05) is 18.0 Å². The lowest BCUT2D eigenvalue weighted by Crippen LogP contribution is -2.25. The van der Waals surface area contributed by atoms with Crippen LogP contribution in [0.15, 0.2) is 6.07 Å². The van der Waals surface area contributed by atoms with Crippen molar-refractivity contribution < 1.29 is 0 Å². The van der Waals surface area contributed by atoms with Crippen LogP contribution in [0.3, 0.4) is 0 Å². The summed E-state index contributed by atoms with van der Waals surface area (Å²) < 4.78 is 0. The SMILES string of the molecule is CCN(CC)CCSCc1nc(C)cc(Cl)n1. The molecule has 1 aromatic rings. The fraction of sp³-hybridized carbons (Fsp3) is 0.667. The molecule has 1 heterocycles. The Kier molecular flexibility index (Phi) is 6.85. The van der Waals surface area contributed by atoms with Crippen molar-refractivity contribution in [1.82, 2.24) is 14.9 Å². The summed E-state index contributed by atoms with van der Waals surface area (Å²) in [4.78, 5) is 11.0. The van der Waals surface area contributed by atoms with E-state index < -0.39 is 0 Å². The molecular formula is C12H20ClN3S. The Balaban J connectivity index is 2.31. The molecule has 1 aromatic heterocycles. The van der Waals surface area contributed by atoms with Crippen LogP contribution in [0, 0.1) is 6.92 Å². The Morgan fingerprint density at radius 2 is 2.00 bits per heavy atom. The number of rotatable bonds is 7.